The fourth-order valence-electron chi connectivity index (χ4n) is 3.34. The largest absolute Gasteiger partial charge is 0.444 e. The van der Waals surface area contributed by atoms with E-state index in [0.717, 1.165) is 37.8 Å². The van der Waals surface area contributed by atoms with Crippen LogP contribution >= 0.6 is 11.6 Å². The molecule has 1 aromatic rings. The topological polar surface area (TPSA) is 95.0 Å². The van der Waals surface area contributed by atoms with Crippen LogP contribution in [0.1, 0.15) is 65.0 Å². The number of alkyl carbamates (subject to hydrolysis) is 1. The summed E-state index contributed by atoms with van der Waals surface area (Å²) in [6.45, 7) is 8.58. The zero-order valence-electron chi connectivity index (χ0n) is 18.4. The van der Waals surface area contributed by atoms with Gasteiger partial charge in [-0.2, -0.15) is 0 Å². The molecule has 1 unspecified atom stereocenters. The zero-order valence-corrected chi connectivity index (χ0v) is 19.1. The van der Waals surface area contributed by atoms with Crippen molar-refractivity contribution >= 4 is 23.7 Å². The molecule has 30 heavy (non-hydrogen) atoms. The lowest BCUT2D eigenvalue weighted by molar-refractivity contribution is 0.0490. The summed E-state index contributed by atoms with van der Waals surface area (Å²) in [4.78, 5) is 16.5. The van der Waals surface area contributed by atoms with E-state index in [4.69, 9.17) is 16.3 Å². The van der Waals surface area contributed by atoms with Crippen molar-refractivity contribution in [3.8, 4) is 0 Å². The molecule has 1 amide bonds. The van der Waals surface area contributed by atoms with Crippen LogP contribution in [0.2, 0.25) is 5.02 Å². The minimum Gasteiger partial charge on any atom is -0.444 e. The lowest BCUT2D eigenvalue weighted by Crippen LogP contribution is -2.48. The summed E-state index contributed by atoms with van der Waals surface area (Å²) in [6, 6.07) is 7.54. The molecule has 2 rings (SSSR count). The van der Waals surface area contributed by atoms with Crippen LogP contribution in [-0.4, -0.2) is 47.9 Å². The van der Waals surface area contributed by atoms with Crippen LogP contribution in [0.4, 0.5) is 4.79 Å². The highest BCUT2D eigenvalue weighted by Gasteiger charge is 2.25. The van der Waals surface area contributed by atoms with E-state index in [9.17, 15) is 9.90 Å². The first-order valence-corrected chi connectivity index (χ1v) is 11.0. The summed E-state index contributed by atoms with van der Waals surface area (Å²) < 4.78 is 5.34. The van der Waals surface area contributed by atoms with E-state index in [2.05, 4.69) is 20.9 Å². The van der Waals surface area contributed by atoms with Gasteiger partial charge in [0.25, 0.3) is 0 Å². The molecule has 1 fully saturated rings. The number of benzene rings is 1. The number of aliphatic imine (C=N–C) groups is 1. The Kier molecular flexibility index (Phi) is 9.24. The van der Waals surface area contributed by atoms with Crippen LogP contribution in [0.25, 0.3) is 0 Å². The summed E-state index contributed by atoms with van der Waals surface area (Å²) >= 11 is 5.90. The summed E-state index contributed by atoms with van der Waals surface area (Å²) in [5.41, 5.74) is 0.295. The average molecular weight is 439 g/mol. The first-order valence-electron chi connectivity index (χ1n) is 10.6. The van der Waals surface area contributed by atoms with Crippen LogP contribution in [-0.2, 0) is 4.74 Å². The molecule has 1 aromatic carbocycles. The molecular weight excluding hydrogens is 404 g/mol. The monoisotopic (exact) mass is 438 g/mol. The van der Waals surface area contributed by atoms with Gasteiger partial charge in [-0.1, -0.05) is 23.7 Å². The second kappa shape index (κ2) is 11.4. The standard InChI is InChI=1S/C22H35ClN4O3/c1-5-24-20(25-14-19(28)15-6-8-16(23)9-7-15)26-17-10-12-18(13-11-17)27-21(29)30-22(2,3)4/h6-9,17-19,28H,5,10-14H2,1-4H3,(H,27,29)(H2,24,25,26). The summed E-state index contributed by atoms with van der Waals surface area (Å²) in [6.07, 6.45) is 2.55. The van der Waals surface area contributed by atoms with Crippen LogP contribution < -0.4 is 16.0 Å². The van der Waals surface area contributed by atoms with Crippen LogP contribution in [0.15, 0.2) is 29.3 Å². The van der Waals surface area contributed by atoms with E-state index < -0.39 is 11.7 Å². The number of aliphatic hydroxyl groups is 1. The maximum Gasteiger partial charge on any atom is 0.407 e. The number of carbonyl (C=O) groups is 1. The van der Waals surface area contributed by atoms with Gasteiger partial charge < -0.3 is 25.8 Å². The zero-order chi connectivity index (χ0) is 22.1. The number of rotatable bonds is 6. The highest BCUT2D eigenvalue weighted by atomic mass is 35.5. The van der Waals surface area contributed by atoms with Crippen molar-refractivity contribution < 1.29 is 14.6 Å². The molecule has 1 saturated carbocycles. The Morgan fingerprint density at radius 1 is 1.17 bits per heavy atom. The summed E-state index contributed by atoms with van der Waals surface area (Å²) in [5.74, 6) is 0.689. The van der Waals surface area contributed by atoms with Gasteiger partial charge >= 0.3 is 6.09 Å². The molecule has 0 bridgehead atoms. The maximum atomic E-state index is 11.9. The Morgan fingerprint density at radius 2 is 1.73 bits per heavy atom. The first kappa shape index (κ1) is 24.3. The van der Waals surface area contributed by atoms with Crippen LogP contribution in [0, 0.1) is 0 Å². The SMILES string of the molecule is CCNC(=NCC(O)c1ccc(Cl)cc1)NC1CCC(NC(=O)OC(C)(C)C)CC1. The fourth-order valence-corrected chi connectivity index (χ4v) is 3.46. The molecule has 0 saturated heterocycles. The quantitative estimate of drug-likeness (QED) is 0.400. The number of hydrogen-bond donors (Lipinski definition) is 4. The van der Waals surface area contributed by atoms with E-state index in [1.54, 1.807) is 12.1 Å². The van der Waals surface area contributed by atoms with Gasteiger partial charge in [0, 0.05) is 23.7 Å². The van der Waals surface area contributed by atoms with Gasteiger partial charge in [0.05, 0.1) is 12.6 Å². The van der Waals surface area contributed by atoms with Crippen LogP contribution in [0.5, 0.6) is 0 Å². The highest BCUT2D eigenvalue weighted by Crippen LogP contribution is 2.20. The molecule has 8 heteroatoms. The Morgan fingerprint density at radius 3 is 2.27 bits per heavy atom. The van der Waals surface area contributed by atoms with Gasteiger partial charge in [-0.25, -0.2) is 4.79 Å². The van der Waals surface area contributed by atoms with E-state index in [1.165, 1.54) is 0 Å². The molecule has 0 aromatic heterocycles. The molecule has 0 heterocycles. The lowest BCUT2D eigenvalue weighted by Gasteiger charge is -2.31. The number of ether oxygens (including phenoxy) is 1. The molecular formula is C22H35ClN4O3. The Balaban J connectivity index is 1.82. The van der Waals surface area contributed by atoms with E-state index in [-0.39, 0.29) is 24.7 Å². The third-order valence-electron chi connectivity index (χ3n) is 4.81. The summed E-state index contributed by atoms with van der Waals surface area (Å²) in [5, 5.41) is 20.7. The first-order chi connectivity index (χ1) is 14.2. The number of aliphatic hydroxyl groups excluding tert-OH is 1. The highest BCUT2D eigenvalue weighted by molar-refractivity contribution is 6.30. The van der Waals surface area contributed by atoms with Gasteiger partial charge in [-0.3, -0.25) is 4.99 Å². The molecule has 0 spiro atoms. The van der Waals surface area contributed by atoms with Crippen molar-refractivity contribution in [1.29, 1.82) is 0 Å². The third kappa shape index (κ3) is 8.79. The smallest absolute Gasteiger partial charge is 0.407 e. The van der Waals surface area contributed by atoms with E-state index in [0.29, 0.717) is 11.0 Å². The van der Waals surface area contributed by atoms with Crippen molar-refractivity contribution in [2.45, 2.75) is 77.2 Å². The molecule has 1 aliphatic carbocycles. The van der Waals surface area contributed by atoms with E-state index in [1.807, 2.05) is 39.8 Å². The van der Waals surface area contributed by atoms with Gasteiger partial charge in [0.1, 0.15) is 5.60 Å². The van der Waals surface area contributed by atoms with Gasteiger partial charge in [-0.05, 0) is 71.1 Å². The number of amides is 1. The number of nitrogens with one attached hydrogen (secondary N) is 3. The number of carbonyl (C=O) groups excluding carboxylic acids is 1. The second-order valence-corrected chi connectivity index (χ2v) is 9.06. The Labute approximate surface area is 184 Å². The normalized spacial score (nSPS) is 20.9. The maximum absolute atomic E-state index is 11.9. The molecule has 168 valence electrons. The fraction of sp³-hybridized carbons (Fsp3) is 0.636. The van der Waals surface area contributed by atoms with Crippen molar-refractivity contribution in [2.24, 2.45) is 4.99 Å². The lowest BCUT2D eigenvalue weighted by atomic mass is 9.91. The van der Waals surface area contributed by atoms with Crippen molar-refractivity contribution in [3.63, 3.8) is 0 Å². The Hall–Kier alpha value is -1.99. The van der Waals surface area contributed by atoms with Crippen molar-refractivity contribution in [2.75, 3.05) is 13.1 Å². The van der Waals surface area contributed by atoms with Gasteiger partial charge in [0.2, 0.25) is 0 Å². The van der Waals surface area contributed by atoms with Crippen molar-refractivity contribution in [3.05, 3.63) is 34.9 Å². The number of halogens is 1. The molecule has 1 aliphatic rings. The average Bonchev–Trinajstić information content (AvgIpc) is 2.66. The molecule has 0 aliphatic heterocycles. The third-order valence-corrected chi connectivity index (χ3v) is 5.06. The summed E-state index contributed by atoms with van der Waals surface area (Å²) in [7, 11) is 0. The predicted molar refractivity (Wildman–Crippen MR) is 121 cm³/mol. The van der Waals surface area contributed by atoms with Crippen LogP contribution in [0.3, 0.4) is 0 Å². The van der Waals surface area contributed by atoms with Crippen molar-refractivity contribution in [1.82, 2.24) is 16.0 Å². The number of hydrogen-bond acceptors (Lipinski definition) is 4. The molecule has 7 nitrogen and oxygen atoms in total. The predicted octanol–water partition coefficient (Wildman–Crippen LogP) is 3.76. The minimum absolute atomic E-state index is 0.129. The van der Waals surface area contributed by atoms with Gasteiger partial charge in [-0.15, -0.1) is 0 Å². The molecule has 4 N–H and O–H groups in total. The molecule has 0 radical (unpaired) electrons. The van der Waals surface area contributed by atoms with Gasteiger partial charge in [0.15, 0.2) is 5.96 Å². The van der Waals surface area contributed by atoms with E-state index >= 15 is 0 Å². The number of guanidine groups is 1. The second-order valence-electron chi connectivity index (χ2n) is 8.63. The number of nitrogens with zero attached hydrogens (tertiary/aromatic N) is 1. The molecule has 1 atom stereocenters. The minimum atomic E-state index is -0.688. The Bertz CT molecular complexity index is 695.